The Bertz CT molecular complexity index is 1500. The van der Waals surface area contributed by atoms with Crippen molar-refractivity contribution >= 4 is 0 Å². The number of hydrogen-bond acceptors (Lipinski definition) is 7. The lowest BCUT2D eigenvalue weighted by Crippen LogP contribution is -2.12. The van der Waals surface area contributed by atoms with Gasteiger partial charge in [0.25, 0.3) is 0 Å². The minimum atomic E-state index is -4.79. The number of halogens is 6. The molecule has 0 spiro atoms. The maximum atomic E-state index is 13.7. The van der Waals surface area contributed by atoms with E-state index in [1.807, 2.05) is 0 Å². The van der Waals surface area contributed by atoms with E-state index < -0.39 is 29.5 Å². The first-order valence-electron chi connectivity index (χ1n) is 11.6. The summed E-state index contributed by atoms with van der Waals surface area (Å²) in [6, 6.07) is 6.05. The molecule has 0 aliphatic heterocycles. The van der Waals surface area contributed by atoms with Crippen molar-refractivity contribution in [2.24, 2.45) is 7.05 Å². The van der Waals surface area contributed by atoms with Gasteiger partial charge < -0.3 is 14.0 Å². The van der Waals surface area contributed by atoms with Crippen LogP contribution in [0.5, 0.6) is 11.8 Å². The monoisotopic (exact) mass is 550 g/mol. The Morgan fingerprint density at radius 2 is 1.64 bits per heavy atom. The Morgan fingerprint density at radius 1 is 0.923 bits per heavy atom. The van der Waals surface area contributed by atoms with Gasteiger partial charge in [-0.25, -0.2) is 19.9 Å². The summed E-state index contributed by atoms with van der Waals surface area (Å²) < 4.78 is 92.2. The lowest BCUT2D eigenvalue weighted by Gasteiger charge is -2.15. The van der Waals surface area contributed by atoms with Gasteiger partial charge in [-0.15, -0.1) is 0 Å². The summed E-state index contributed by atoms with van der Waals surface area (Å²) in [5.41, 5.74) is -0.460. The van der Waals surface area contributed by atoms with E-state index in [0.717, 1.165) is 19.0 Å². The minimum Gasteiger partial charge on any atom is -0.480 e. The number of aromatic nitrogens is 6. The Balaban J connectivity index is 1.43. The number of hydrogen-bond donors (Lipinski definition) is 0. The fraction of sp³-hybridized carbons (Fsp3) is 0.320. The van der Waals surface area contributed by atoms with Crippen LogP contribution in [0.2, 0.25) is 0 Å². The number of aryl methyl sites for hydroxylation is 1. The van der Waals surface area contributed by atoms with Crippen molar-refractivity contribution in [3.05, 3.63) is 65.5 Å². The van der Waals surface area contributed by atoms with Gasteiger partial charge >= 0.3 is 12.4 Å². The molecular formula is C25H20F6N6O2. The van der Waals surface area contributed by atoms with Gasteiger partial charge in [0, 0.05) is 30.9 Å². The van der Waals surface area contributed by atoms with E-state index in [4.69, 9.17) is 9.47 Å². The van der Waals surface area contributed by atoms with E-state index in [1.165, 1.54) is 49.3 Å². The van der Waals surface area contributed by atoms with Crippen LogP contribution in [-0.4, -0.2) is 36.6 Å². The predicted octanol–water partition coefficient (Wildman–Crippen LogP) is 5.84. The molecule has 0 radical (unpaired) electrons. The molecule has 3 aromatic heterocycles. The van der Waals surface area contributed by atoms with Gasteiger partial charge in [-0.2, -0.15) is 31.3 Å². The summed E-state index contributed by atoms with van der Waals surface area (Å²) in [6.45, 7) is -0.300. The molecule has 5 rings (SSSR count). The summed E-state index contributed by atoms with van der Waals surface area (Å²) in [7, 11) is 2.81. The molecule has 1 fully saturated rings. The molecule has 0 saturated heterocycles. The van der Waals surface area contributed by atoms with Gasteiger partial charge in [0.2, 0.25) is 11.8 Å². The van der Waals surface area contributed by atoms with E-state index in [0.29, 0.717) is 28.6 Å². The minimum absolute atomic E-state index is 0.0667. The second-order valence-corrected chi connectivity index (χ2v) is 8.87. The average Bonchev–Trinajstić information content (AvgIpc) is 3.66. The Morgan fingerprint density at radius 3 is 2.23 bits per heavy atom. The average molecular weight is 550 g/mol. The molecule has 0 N–H and O–H groups in total. The van der Waals surface area contributed by atoms with Crippen LogP contribution < -0.4 is 9.47 Å². The van der Waals surface area contributed by atoms with E-state index in [1.54, 1.807) is 0 Å². The van der Waals surface area contributed by atoms with Gasteiger partial charge in [0.15, 0.2) is 11.5 Å². The first kappa shape index (κ1) is 26.4. The van der Waals surface area contributed by atoms with Crippen molar-refractivity contribution in [1.29, 1.82) is 0 Å². The van der Waals surface area contributed by atoms with Crippen LogP contribution >= 0.6 is 0 Å². The topological polar surface area (TPSA) is 87.8 Å². The van der Waals surface area contributed by atoms with Crippen LogP contribution in [0.1, 0.15) is 41.3 Å². The van der Waals surface area contributed by atoms with Crippen LogP contribution in [0.25, 0.3) is 22.8 Å². The summed E-state index contributed by atoms with van der Waals surface area (Å²) in [6.07, 6.45) is -4.82. The van der Waals surface area contributed by atoms with E-state index in [-0.39, 0.29) is 30.1 Å². The van der Waals surface area contributed by atoms with Crippen molar-refractivity contribution in [3.8, 4) is 34.5 Å². The number of imidazole rings is 1. The van der Waals surface area contributed by atoms with E-state index in [9.17, 15) is 26.3 Å². The number of methoxy groups -OCH3 is 1. The number of benzene rings is 1. The summed E-state index contributed by atoms with van der Waals surface area (Å²) in [4.78, 5) is 19.9. The molecule has 0 unspecified atom stereocenters. The van der Waals surface area contributed by atoms with Crippen molar-refractivity contribution < 1.29 is 35.8 Å². The first-order chi connectivity index (χ1) is 18.5. The number of ether oxygens (including phenoxy) is 2. The molecule has 204 valence electrons. The van der Waals surface area contributed by atoms with Crippen molar-refractivity contribution in [2.75, 3.05) is 7.11 Å². The SMILES string of the molecule is COc1ncnc(C2CC2)c1-c1ncc(C(F)(F)F)c(OCc2ccc(-c3nc(C(F)(F)F)cn3C)cc2)n1. The lowest BCUT2D eigenvalue weighted by atomic mass is 10.1. The van der Waals surface area contributed by atoms with Crippen molar-refractivity contribution in [3.63, 3.8) is 0 Å². The van der Waals surface area contributed by atoms with Gasteiger partial charge in [-0.1, -0.05) is 24.3 Å². The fourth-order valence-electron chi connectivity index (χ4n) is 3.98. The third-order valence-corrected chi connectivity index (χ3v) is 6.04. The van der Waals surface area contributed by atoms with Crippen LogP contribution in [0.3, 0.4) is 0 Å². The largest absolute Gasteiger partial charge is 0.480 e. The van der Waals surface area contributed by atoms with Gasteiger partial charge in [0.1, 0.15) is 29.9 Å². The molecule has 0 bridgehead atoms. The van der Waals surface area contributed by atoms with Crippen molar-refractivity contribution in [1.82, 2.24) is 29.5 Å². The highest BCUT2D eigenvalue weighted by molar-refractivity contribution is 5.66. The van der Waals surface area contributed by atoms with E-state index in [2.05, 4.69) is 24.9 Å². The summed E-state index contributed by atoms with van der Waals surface area (Å²) >= 11 is 0. The maximum absolute atomic E-state index is 13.7. The van der Waals surface area contributed by atoms with Crippen LogP contribution in [-0.2, 0) is 26.0 Å². The summed E-state index contributed by atoms with van der Waals surface area (Å²) in [5.74, 6) is -0.432. The molecule has 39 heavy (non-hydrogen) atoms. The molecule has 1 aliphatic carbocycles. The molecule has 8 nitrogen and oxygen atoms in total. The quantitative estimate of drug-likeness (QED) is 0.267. The standard InChI is InChI=1S/C25H20F6N6O2/c1-37-10-17(25(29,30)31)35-21(37)15-5-3-13(4-6-15)11-39-22-16(24(26,27)28)9-32-20(36-22)18-19(14-7-8-14)33-12-34-23(18)38-2/h3-6,9-10,12,14H,7-8,11H2,1-2H3. The molecule has 1 aliphatic rings. The highest BCUT2D eigenvalue weighted by Gasteiger charge is 2.38. The normalized spacial score (nSPS) is 13.9. The molecule has 1 saturated carbocycles. The van der Waals surface area contributed by atoms with Gasteiger partial charge in [-0.05, 0) is 18.4 Å². The Labute approximate surface area is 217 Å². The molecule has 4 aromatic rings. The molecule has 14 heteroatoms. The highest BCUT2D eigenvalue weighted by Crippen LogP contribution is 2.45. The van der Waals surface area contributed by atoms with Crippen LogP contribution in [0.15, 0.2) is 43.0 Å². The Hall–Kier alpha value is -4.23. The van der Waals surface area contributed by atoms with Crippen LogP contribution in [0, 0.1) is 0 Å². The molecule has 1 aromatic carbocycles. The molecule has 0 amide bonds. The fourth-order valence-corrected chi connectivity index (χ4v) is 3.98. The highest BCUT2D eigenvalue weighted by atomic mass is 19.4. The zero-order valence-corrected chi connectivity index (χ0v) is 20.5. The van der Waals surface area contributed by atoms with E-state index >= 15 is 0 Å². The molecular weight excluding hydrogens is 530 g/mol. The number of nitrogens with zero attached hydrogens (tertiary/aromatic N) is 6. The molecule has 0 atom stereocenters. The van der Waals surface area contributed by atoms with Gasteiger partial charge in [-0.3, -0.25) is 0 Å². The number of rotatable bonds is 7. The zero-order chi connectivity index (χ0) is 27.9. The Kier molecular flexibility index (Phi) is 6.64. The first-order valence-corrected chi connectivity index (χ1v) is 11.6. The summed E-state index contributed by atoms with van der Waals surface area (Å²) in [5, 5.41) is 0. The second kappa shape index (κ2) is 9.82. The predicted molar refractivity (Wildman–Crippen MR) is 125 cm³/mol. The number of alkyl halides is 6. The molecule has 3 heterocycles. The van der Waals surface area contributed by atoms with Gasteiger partial charge in [0.05, 0.1) is 12.8 Å². The van der Waals surface area contributed by atoms with Crippen molar-refractivity contribution in [2.45, 2.75) is 37.7 Å². The smallest absolute Gasteiger partial charge is 0.434 e. The maximum Gasteiger partial charge on any atom is 0.434 e. The lowest BCUT2D eigenvalue weighted by molar-refractivity contribution is -0.141. The third-order valence-electron chi connectivity index (χ3n) is 6.04. The van der Waals surface area contributed by atoms with Crippen LogP contribution in [0.4, 0.5) is 26.3 Å². The zero-order valence-electron chi connectivity index (χ0n) is 20.5. The second-order valence-electron chi connectivity index (χ2n) is 8.87. The third kappa shape index (κ3) is 5.49.